The van der Waals surface area contributed by atoms with Gasteiger partial charge < -0.3 is 19.9 Å². The summed E-state index contributed by atoms with van der Waals surface area (Å²) in [5.74, 6) is 1.67. The van der Waals surface area contributed by atoms with Gasteiger partial charge in [0.05, 0.1) is 11.2 Å². The summed E-state index contributed by atoms with van der Waals surface area (Å²) in [6, 6.07) is 5.60. The molecule has 1 aromatic carbocycles. The van der Waals surface area contributed by atoms with Crippen molar-refractivity contribution in [2.75, 3.05) is 18.1 Å². The molecule has 1 aliphatic carbocycles. The molecule has 1 aromatic heterocycles. The number of nitrogens with two attached hydrogens (primary N) is 1. The molecule has 1 saturated carbocycles. The average molecular weight is 393 g/mol. The minimum atomic E-state index is -0.435. The van der Waals surface area contributed by atoms with Crippen molar-refractivity contribution in [2.45, 2.75) is 31.2 Å². The van der Waals surface area contributed by atoms with Gasteiger partial charge in [0.2, 0.25) is 5.89 Å². The Hall–Kier alpha value is -1.93. The van der Waals surface area contributed by atoms with Gasteiger partial charge in [-0.1, -0.05) is 21.1 Å². The monoisotopic (exact) mass is 392 g/mol. The topological polar surface area (TPSA) is 94.5 Å². The lowest BCUT2D eigenvalue weighted by atomic mass is 9.77. The maximum absolute atomic E-state index is 12.2. The van der Waals surface area contributed by atoms with Crippen LogP contribution in [0.25, 0.3) is 0 Å². The highest BCUT2D eigenvalue weighted by molar-refractivity contribution is 9.10. The number of hydrogen-bond donors (Lipinski definition) is 1. The molecule has 2 N–H and O–H groups in total. The van der Waals surface area contributed by atoms with E-state index in [0.717, 1.165) is 29.4 Å². The lowest BCUT2D eigenvalue weighted by Crippen LogP contribution is -2.44. The predicted octanol–water partition coefficient (Wildman–Crippen LogP) is 2.14. The molecule has 7 nitrogen and oxygen atoms in total. The molecule has 8 heteroatoms. The Labute approximate surface area is 147 Å². The number of fused-ring (bicyclic) bond motifs is 1. The average Bonchev–Trinajstić information content (AvgIpc) is 3.01. The van der Waals surface area contributed by atoms with E-state index in [1.54, 1.807) is 4.90 Å². The molecular weight excluding hydrogens is 376 g/mol. The van der Waals surface area contributed by atoms with E-state index in [-0.39, 0.29) is 12.5 Å². The fourth-order valence-corrected chi connectivity index (χ4v) is 3.31. The van der Waals surface area contributed by atoms with Crippen molar-refractivity contribution in [2.24, 2.45) is 5.73 Å². The van der Waals surface area contributed by atoms with E-state index in [1.807, 2.05) is 18.2 Å². The zero-order valence-corrected chi connectivity index (χ0v) is 14.6. The SMILES string of the molecule is NC1(c2noc(CCN3C(=O)COc4cc(Br)ccc43)n2)CCC1. The Morgan fingerprint density at radius 2 is 2.21 bits per heavy atom. The number of anilines is 1. The van der Waals surface area contributed by atoms with Gasteiger partial charge in [-0.15, -0.1) is 0 Å². The van der Waals surface area contributed by atoms with Crippen LogP contribution in [0.3, 0.4) is 0 Å². The molecule has 0 atom stereocenters. The molecule has 0 radical (unpaired) electrons. The van der Waals surface area contributed by atoms with Gasteiger partial charge in [0, 0.05) is 17.4 Å². The summed E-state index contributed by atoms with van der Waals surface area (Å²) in [5, 5.41) is 4.00. The first-order valence-electron chi connectivity index (χ1n) is 7.90. The Morgan fingerprint density at radius 1 is 1.38 bits per heavy atom. The Morgan fingerprint density at radius 3 is 2.96 bits per heavy atom. The van der Waals surface area contributed by atoms with Crippen LogP contribution in [0.2, 0.25) is 0 Å². The second-order valence-corrected chi connectivity index (χ2v) is 7.13. The first kappa shape index (κ1) is 15.6. The van der Waals surface area contributed by atoms with Crippen molar-refractivity contribution in [3.8, 4) is 5.75 Å². The van der Waals surface area contributed by atoms with E-state index in [1.165, 1.54) is 0 Å². The maximum Gasteiger partial charge on any atom is 0.265 e. The smallest absolute Gasteiger partial charge is 0.265 e. The van der Waals surface area contributed by atoms with E-state index in [0.29, 0.717) is 30.4 Å². The van der Waals surface area contributed by atoms with Gasteiger partial charge in [0.25, 0.3) is 5.91 Å². The zero-order valence-electron chi connectivity index (χ0n) is 13.0. The molecule has 1 aliphatic heterocycles. The molecule has 1 amide bonds. The van der Waals surface area contributed by atoms with Crippen LogP contribution in [-0.4, -0.2) is 29.2 Å². The fourth-order valence-electron chi connectivity index (χ4n) is 2.97. The van der Waals surface area contributed by atoms with Crippen LogP contribution in [-0.2, 0) is 16.8 Å². The molecule has 126 valence electrons. The highest BCUT2D eigenvalue weighted by Gasteiger charge is 2.39. The van der Waals surface area contributed by atoms with Crippen LogP contribution in [0.4, 0.5) is 5.69 Å². The molecule has 2 heterocycles. The molecule has 0 unspecified atom stereocenters. The van der Waals surface area contributed by atoms with Crippen LogP contribution in [0, 0.1) is 0 Å². The van der Waals surface area contributed by atoms with E-state index in [2.05, 4.69) is 26.1 Å². The number of halogens is 1. The lowest BCUT2D eigenvalue weighted by Gasteiger charge is -2.34. The summed E-state index contributed by atoms with van der Waals surface area (Å²) in [6.45, 7) is 0.487. The molecule has 0 bridgehead atoms. The number of carbonyl (C=O) groups is 1. The standard InChI is InChI=1S/C16H17BrN4O3/c17-10-2-3-11-12(8-10)23-9-14(22)21(11)7-4-13-19-15(20-24-13)16(18)5-1-6-16/h2-3,8H,1,4-7,9,18H2. The third-order valence-electron chi connectivity index (χ3n) is 4.57. The number of carbonyl (C=O) groups excluding carboxylic acids is 1. The molecule has 24 heavy (non-hydrogen) atoms. The van der Waals surface area contributed by atoms with Crippen molar-refractivity contribution in [1.82, 2.24) is 10.1 Å². The summed E-state index contributed by atoms with van der Waals surface area (Å²) < 4.78 is 11.7. The van der Waals surface area contributed by atoms with Gasteiger partial charge in [-0.05, 0) is 37.5 Å². The number of nitrogens with zero attached hydrogens (tertiary/aromatic N) is 3. The van der Waals surface area contributed by atoms with E-state index in [9.17, 15) is 4.79 Å². The lowest BCUT2D eigenvalue weighted by molar-refractivity contribution is -0.121. The Kier molecular flexibility index (Phi) is 3.80. The molecule has 0 saturated heterocycles. The molecular formula is C16H17BrN4O3. The second-order valence-electron chi connectivity index (χ2n) is 6.22. The first-order valence-corrected chi connectivity index (χ1v) is 8.69. The molecule has 4 rings (SSSR count). The summed E-state index contributed by atoms with van der Waals surface area (Å²) >= 11 is 3.41. The zero-order chi connectivity index (χ0) is 16.7. The van der Waals surface area contributed by atoms with Crippen molar-refractivity contribution < 1.29 is 14.1 Å². The number of hydrogen-bond acceptors (Lipinski definition) is 6. The minimum absolute atomic E-state index is 0.0322. The number of benzene rings is 1. The predicted molar refractivity (Wildman–Crippen MR) is 89.7 cm³/mol. The summed E-state index contributed by atoms with van der Waals surface area (Å²) in [5.41, 5.74) is 6.52. The maximum atomic E-state index is 12.2. The van der Waals surface area contributed by atoms with Crippen LogP contribution in [0.5, 0.6) is 5.75 Å². The summed E-state index contributed by atoms with van der Waals surface area (Å²) in [6.07, 6.45) is 3.34. The quantitative estimate of drug-likeness (QED) is 0.856. The molecule has 0 spiro atoms. The van der Waals surface area contributed by atoms with Crippen LogP contribution >= 0.6 is 15.9 Å². The van der Waals surface area contributed by atoms with Gasteiger partial charge >= 0.3 is 0 Å². The van der Waals surface area contributed by atoms with Crippen LogP contribution in [0.15, 0.2) is 27.2 Å². The number of amides is 1. The summed E-state index contributed by atoms with van der Waals surface area (Å²) in [7, 11) is 0. The molecule has 1 fully saturated rings. The van der Waals surface area contributed by atoms with Gasteiger partial charge in [-0.2, -0.15) is 4.98 Å². The minimum Gasteiger partial charge on any atom is -0.482 e. The third kappa shape index (κ3) is 2.69. The van der Waals surface area contributed by atoms with Gasteiger partial charge in [-0.3, -0.25) is 4.79 Å². The van der Waals surface area contributed by atoms with Gasteiger partial charge in [0.15, 0.2) is 12.4 Å². The van der Waals surface area contributed by atoms with Crippen molar-refractivity contribution in [3.63, 3.8) is 0 Å². The van der Waals surface area contributed by atoms with E-state index >= 15 is 0 Å². The number of aromatic nitrogens is 2. The Bertz CT molecular complexity index is 787. The first-order chi connectivity index (χ1) is 11.5. The van der Waals surface area contributed by atoms with E-state index in [4.69, 9.17) is 15.0 Å². The second kappa shape index (κ2) is 5.86. The summed E-state index contributed by atoms with van der Waals surface area (Å²) in [4.78, 5) is 18.3. The fraction of sp³-hybridized carbons (Fsp3) is 0.438. The van der Waals surface area contributed by atoms with Crippen molar-refractivity contribution >= 4 is 27.5 Å². The van der Waals surface area contributed by atoms with Crippen LogP contribution in [0.1, 0.15) is 31.0 Å². The molecule has 2 aliphatic rings. The third-order valence-corrected chi connectivity index (χ3v) is 5.07. The number of rotatable bonds is 4. The Balaban J connectivity index is 1.49. The molecule has 2 aromatic rings. The highest BCUT2D eigenvalue weighted by atomic mass is 79.9. The van der Waals surface area contributed by atoms with Crippen molar-refractivity contribution in [1.29, 1.82) is 0 Å². The van der Waals surface area contributed by atoms with Crippen molar-refractivity contribution in [3.05, 3.63) is 34.4 Å². The normalized spacial score (nSPS) is 18.8. The largest absolute Gasteiger partial charge is 0.482 e. The number of ether oxygens (including phenoxy) is 1. The van der Waals surface area contributed by atoms with E-state index < -0.39 is 5.54 Å². The highest BCUT2D eigenvalue weighted by Crippen LogP contribution is 2.37. The van der Waals surface area contributed by atoms with Gasteiger partial charge in [0.1, 0.15) is 5.75 Å². The van der Waals surface area contributed by atoms with Gasteiger partial charge in [-0.25, -0.2) is 0 Å². The van der Waals surface area contributed by atoms with Crippen LogP contribution < -0.4 is 15.4 Å².